The lowest BCUT2D eigenvalue weighted by Crippen LogP contribution is -2.41. The SMILES string of the molecule is CC1N=C=NN(I)C1N. The Balaban J connectivity index is 2.73. The Morgan fingerprint density at radius 1 is 1.78 bits per heavy atom. The van der Waals surface area contributed by atoms with Gasteiger partial charge in [0.1, 0.15) is 12.2 Å². The molecule has 1 rings (SSSR count). The highest BCUT2D eigenvalue weighted by molar-refractivity contribution is 14.1. The molecule has 50 valence electrons. The predicted octanol–water partition coefficient (Wildman–Crippen LogP) is 0.414. The summed E-state index contributed by atoms with van der Waals surface area (Å²) in [6.45, 7) is 1.93. The van der Waals surface area contributed by atoms with Crippen LogP contribution < -0.4 is 5.73 Å². The second kappa shape index (κ2) is 2.64. The molecule has 2 unspecified atom stereocenters. The summed E-state index contributed by atoms with van der Waals surface area (Å²) in [4.78, 5) is 3.87. The maximum Gasteiger partial charge on any atom is 0.129 e. The number of nitrogens with zero attached hydrogens (tertiary/aromatic N) is 3. The molecule has 1 aliphatic rings. The molecule has 0 radical (unpaired) electrons. The fraction of sp³-hybridized carbons (Fsp3) is 0.750. The second-order valence-electron chi connectivity index (χ2n) is 1.85. The topological polar surface area (TPSA) is 54.0 Å². The zero-order valence-corrected chi connectivity index (χ0v) is 7.11. The smallest absolute Gasteiger partial charge is 0.129 e. The van der Waals surface area contributed by atoms with Crippen molar-refractivity contribution in [3.8, 4) is 0 Å². The molecule has 0 saturated carbocycles. The van der Waals surface area contributed by atoms with Crippen LogP contribution in [0.5, 0.6) is 0 Å². The van der Waals surface area contributed by atoms with Crippen LogP contribution in [-0.4, -0.2) is 21.4 Å². The highest BCUT2D eigenvalue weighted by atomic mass is 127. The Morgan fingerprint density at radius 2 is 2.44 bits per heavy atom. The van der Waals surface area contributed by atoms with Crippen LogP contribution in [-0.2, 0) is 0 Å². The van der Waals surface area contributed by atoms with E-state index in [-0.39, 0.29) is 12.2 Å². The van der Waals surface area contributed by atoms with E-state index < -0.39 is 0 Å². The fourth-order valence-corrected chi connectivity index (χ4v) is 1.04. The first-order valence-electron chi connectivity index (χ1n) is 2.58. The molecular weight excluding hydrogens is 231 g/mol. The largest absolute Gasteiger partial charge is 0.307 e. The summed E-state index contributed by atoms with van der Waals surface area (Å²) in [5.41, 5.74) is 5.61. The van der Waals surface area contributed by atoms with E-state index in [4.69, 9.17) is 5.73 Å². The molecular formula is C4H7IN4. The number of rotatable bonds is 0. The van der Waals surface area contributed by atoms with Gasteiger partial charge < -0.3 is 5.73 Å². The maximum absolute atomic E-state index is 5.61. The van der Waals surface area contributed by atoms with Gasteiger partial charge in [0.2, 0.25) is 0 Å². The van der Waals surface area contributed by atoms with Gasteiger partial charge in [0, 0.05) is 0 Å². The first-order valence-corrected chi connectivity index (χ1v) is 3.54. The molecule has 0 saturated heterocycles. The molecule has 0 spiro atoms. The third-order valence-electron chi connectivity index (χ3n) is 1.14. The van der Waals surface area contributed by atoms with Crippen molar-refractivity contribution in [1.29, 1.82) is 0 Å². The van der Waals surface area contributed by atoms with E-state index in [0.29, 0.717) is 0 Å². The van der Waals surface area contributed by atoms with Crippen molar-refractivity contribution in [1.82, 2.24) is 3.22 Å². The zero-order chi connectivity index (χ0) is 6.85. The van der Waals surface area contributed by atoms with Crippen molar-refractivity contribution in [3.63, 3.8) is 0 Å². The van der Waals surface area contributed by atoms with Crippen LogP contribution in [0.15, 0.2) is 10.1 Å². The van der Waals surface area contributed by atoms with E-state index in [9.17, 15) is 0 Å². The van der Waals surface area contributed by atoms with Crippen molar-refractivity contribution >= 4 is 28.9 Å². The molecule has 2 atom stereocenters. The number of hydrogen-bond donors (Lipinski definition) is 1. The Kier molecular flexibility index (Phi) is 2.05. The van der Waals surface area contributed by atoms with Gasteiger partial charge in [0.15, 0.2) is 0 Å². The first kappa shape index (κ1) is 6.98. The number of halogens is 1. The van der Waals surface area contributed by atoms with Gasteiger partial charge in [-0.2, -0.15) is 0 Å². The van der Waals surface area contributed by atoms with E-state index in [0.717, 1.165) is 0 Å². The third kappa shape index (κ3) is 1.41. The van der Waals surface area contributed by atoms with Crippen molar-refractivity contribution in [3.05, 3.63) is 0 Å². The van der Waals surface area contributed by atoms with E-state index >= 15 is 0 Å². The lowest BCUT2D eigenvalue weighted by molar-refractivity contribution is 0.351. The van der Waals surface area contributed by atoms with Crippen LogP contribution in [0.3, 0.4) is 0 Å². The minimum absolute atomic E-state index is 0.0967. The molecule has 1 aliphatic heterocycles. The molecule has 9 heavy (non-hydrogen) atoms. The molecule has 0 aromatic carbocycles. The van der Waals surface area contributed by atoms with Gasteiger partial charge in [-0.25, -0.2) is 8.21 Å². The average Bonchev–Trinajstić information content (AvgIpc) is 1.83. The van der Waals surface area contributed by atoms with Crippen LogP contribution in [0.2, 0.25) is 0 Å². The highest BCUT2D eigenvalue weighted by Gasteiger charge is 2.18. The molecule has 0 amide bonds. The average molecular weight is 238 g/mol. The number of hydrazone groups is 1. The van der Waals surface area contributed by atoms with Crippen LogP contribution in [0.4, 0.5) is 0 Å². The van der Waals surface area contributed by atoms with Gasteiger partial charge in [0.05, 0.1) is 28.9 Å². The molecule has 4 nitrogen and oxygen atoms in total. The summed E-state index contributed by atoms with van der Waals surface area (Å²) in [7, 11) is 0. The lowest BCUT2D eigenvalue weighted by atomic mass is 10.3. The quantitative estimate of drug-likeness (QED) is 0.491. The summed E-state index contributed by atoms with van der Waals surface area (Å²) in [5, 5.41) is 3.74. The molecule has 2 N–H and O–H groups in total. The number of nitrogens with two attached hydrogens (primary N) is 1. The molecule has 0 fully saturated rings. The minimum atomic E-state index is -0.105. The van der Waals surface area contributed by atoms with E-state index in [1.54, 1.807) is 3.22 Å². The summed E-state index contributed by atoms with van der Waals surface area (Å²) in [6, 6.07) is 2.60. The third-order valence-corrected chi connectivity index (χ3v) is 2.00. The molecule has 5 heteroatoms. The normalized spacial score (nSPS) is 33.4. The Labute approximate surface area is 67.3 Å². The van der Waals surface area contributed by atoms with Gasteiger partial charge in [-0.3, -0.25) is 0 Å². The summed E-state index contributed by atoms with van der Waals surface area (Å²) in [5.74, 6) is 0. The number of aliphatic imine (C=N–C) groups is 1. The zero-order valence-electron chi connectivity index (χ0n) is 4.95. The summed E-state index contributed by atoms with van der Waals surface area (Å²) in [6.07, 6.45) is -0.105. The van der Waals surface area contributed by atoms with Crippen LogP contribution in [0, 0.1) is 0 Å². The Bertz CT molecular complexity index is 148. The van der Waals surface area contributed by atoms with E-state index in [1.807, 2.05) is 29.8 Å². The summed E-state index contributed by atoms with van der Waals surface area (Å²) < 4.78 is 1.62. The van der Waals surface area contributed by atoms with Crippen molar-refractivity contribution in [2.75, 3.05) is 0 Å². The van der Waals surface area contributed by atoms with Crippen molar-refractivity contribution in [2.24, 2.45) is 15.8 Å². The van der Waals surface area contributed by atoms with Crippen LogP contribution in [0.1, 0.15) is 6.92 Å². The number of hydrogen-bond acceptors (Lipinski definition) is 4. The minimum Gasteiger partial charge on any atom is -0.307 e. The van der Waals surface area contributed by atoms with E-state index in [2.05, 4.69) is 16.1 Å². The Morgan fingerprint density at radius 3 is 2.89 bits per heavy atom. The Hall–Kier alpha value is -0.130. The van der Waals surface area contributed by atoms with Gasteiger partial charge in [0.25, 0.3) is 0 Å². The molecule has 0 aliphatic carbocycles. The molecule has 0 bridgehead atoms. The van der Waals surface area contributed by atoms with Crippen molar-refractivity contribution in [2.45, 2.75) is 19.1 Å². The van der Waals surface area contributed by atoms with Gasteiger partial charge in [-0.1, -0.05) is 0 Å². The highest BCUT2D eigenvalue weighted by Crippen LogP contribution is 2.10. The fourth-order valence-electron chi connectivity index (χ4n) is 0.481. The first-order chi connectivity index (χ1) is 4.22. The molecule has 1 heterocycles. The molecule has 0 aromatic heterocycles. The van der Waals surface area contributed by atoms with Crippen LogP contribution in [0.25, 0.3) is 0 Å². The maximum atomic E-state index is 5.61. The predicted molar refractivity (Wildman–Crippen MR) is 43.2 cm³/mol. The summed E-state index contributed by atoms with van der Waals surface area (Å²) >= 11 is 2.02. The van der Waals surface area contributed by atoms with Crippen molar-refractivity contribution < 1.29 is 0 Å². The lowest BCUT2D eigenvalue weighted by Gasteiger charge is -2.22. The monoisotopic (exact) mass is 238 g/mol. The van der Waals surface area contributed by atoms with E-state index in [1.165, 1.54) is 0 Å². The van der Waals surface area contributed by atoms with Crippen LogP contribution >= 0.6 is 22.9 Å². The standard InChI is InChI=1S/C4H7IN4/c1-3-4(6)9(5)8-2-7-3/h3-4H,6H2,1H3. The second-order valence-corrected chi connectivity index (χ2v) is 2.84. The van der Waals surface area contributed by atoms with Gasteiger partial charge >= 0.3 is 0 Å². The van der Waals surface area contributed by atoms with Gasteiger partial charge in [-0.15, -0.1) is 5.10 Å². The van der Waals surface area contributed by atoms with Gasteiger partial charge in [-0.05, 0) is 6.92 Å². The molecule has 0 aromatic rings.